The van der Waals surface area contributed by atoms with E-state index in [1.807, 2.05) is 0 Å². The average molecular weight is 964 g/mol. The number of aromatic nitrogens is 1. The largest absolute Gasteiger partial charge is 0.486 e. The molecule has 334 valence electrons. The van der Waals surface area contributed by atoms with Gasteiger partial charge in [0.1, 0.15) is 69.7 Å². The van der Waals surface area contributed by atoms with Crippen molar-refractivity contribution in [1.29, 1.82) is 0 Å². The number of pyridine rings is 1. The van der Waals surface area contributed by atoms with E-state index < -0.39 is 77.2 Å². The Hall–Kier alpha value is -7.11. The first-order valence-electron chi connectivity index (χ1n) is 17.3. The molecule has 3 heterocycles. The molecule has 0 saturated carbocycles. The SMILES string of the molecule is O=c1cc(-c2ccc(OS(=O)(=O)O)cc2)oc2cc(OS(=O)(=O)O)cc(OCc3cccc(COc4cc(OS(=O)(=O)O)cc5oc(-c6ccc(OS(=O)(=O)O)cc6)cc(=O)c45)n3)c12. The molecular formula is C37H25NO22S4. The second-order valence-corrected chi connectivity index (χ2v) is 16.9. The van der Waals surface area contributed by atoms with Gasteiger partial charge in [-0.2, -0.15) is 33.7 Å². The summed E-state index contributed by atoms with van der Waals surface area (Å²) in [7, 11) is -19.8. The Morgan fingerprint density at radius 2 is 0.797 bits per heavy atom. The van der Waals surface area contributed by atoms with Crippen LogP contribution in [0, 0.1) is 0 Å². The molecule has 64 heavy (non-hydrogen) atoms. The van der Waals surface area contributed by atoms with Gasteiger partial charge in [-0.25, -0.2) is 0 Å². The molecule has 0 radical (unpaired) electrons. The van der Waals surface area contributed by atoms with E-state index in [1.165, 1.54) is 42.5 Å². The van der Waals surface area contributed by atoms with E-state index in [0.717, 1.165) is 60.7 Å². The molecule has 0 unspecified atom stereocenters. The minimum Gasteiger partial charge on any atom is -0.486 e. The third-order valence-corrected chi connectivity index (χ3v) is 9.85. The third kappa shape index (κ3) is 11.7. The molecule has 0 bridgehead atoms. The van der Waals surface area contributed by atoms with Gasteiger partial charge in [0, 0.05) is 47.5 Å². The van der Waals surface area contributed by atoms with Gasteiger partial charge in [0.2, 0.25) is 0 Å². The van der Waals surface area contributed by atoms with Gasteiger partial charge >= 0.3 is 41.6 Å². The summed E-state index contributed by atoms with van der Waals surface area (Å²) in [6, 6.07) is 20.3. The van der Waals surface area contributed by atoms with Crippen LogP contribution in [0.5, 0.6) is 34.5 Å². The van der Waals surface area contributed by atoms with Crippen LogP contribution < -0.4 is 37.1 Å². The van der Waals surface area contributed by atoms with E-state index in [9.17, 15) is 52.4 Å². The molecule has 0 fully saturated rings. The minimum absolute atomic E-state index is 0.0948. The Balaban J connectivity index is 1.15. The van der Waals surface area contributed by atoms with Gasteiger partial charge in [0.05, 0.1) is 11.4 Å². The standard InChI is InChI=1S/C37H25NO22S4/c39-28-16-30(20-4-8-24(9-5-20)57-61(41,42)43)55-34-14-26(59-63(47,48)49)12-32(36(28)34)53-18-22-2-1-3-23(38-22)19-54-33-13-27(60-64(50,51)52)15-35-37(33)29(40)17-31(56-35)21-6-10-25(11-7-21)58-62(44,45)46/h1-17H,18-19H2,(H,41,42,43)(H,44,45,46)(H,47,48,49)(H,50,51,52). The summed E-state index contributed by atoms with van der Waals surface area (Å²) >= 11 is 0. The summed E-state index contributed by atoms with van der Waals surface area (Å²) in [5.74, 6) is -2.37. The third-order valence-electron chi connectivity index (χ3n) is 8.24. The molecule has 0 atom stereocenters. The van der Waals surface area contributed by atoms with Crippen LogP contribution in [0.2, 0.25) is 0 Å². The number of nitrogens with zero attached hydrogens (tertiary/aromatic N) is 1. The van der Waals surface area contributed by atoms with Crippen LogP contribution in [0.4, 0.5) is 0 Å². The van der Waals surface area contributed by atoms with Crippen molar-refractivity contribution in [2.75, 3.05) is 0 Å². The van der Waals surface area contributed by atoms with E-state index in [0.29, 0.717) is 0 Å². The molecule has 0 spiro atoms. The number of benzene rings is 4. The first kappa shape index (κ1) is 44.9. The lowest BCUT2D eigenvalue weighted by atomic mass is 10.1. The zero-order chi connectivity index (χ0) is 46.2. The van der Waals surface area contributed by atoms with Crippen LogP contribution in [0.1, 0.15) is 11.4 Å². The number of rotatable bonds is 16. The van der Waals surface area contributed by atoms with Gasteiger partial charge in [0.25, 0.3) is 0 Å². The van der Waals surface area contributed by atoms with E-state index >= 15 is 0 Å². The summed E-state index contributed by atoms with van der Waals surface area (Å²) in [4.78, 5) is 31.3. The van der Waals surface area contributed by atoms with E-state index in [-0.39, 0.29) is 79.0 Å². The summed E-state index contributed by atoms with van der Waals surface area (Å²) < 4.78 is 169. The Morgan fingerprint density at radius 3 is 1.14 bits per heavy atom. The van der Waals surface area contributed by atoms with Crippen molar-refractivity contribution < 1.29 is 86.9 Å². The minimum atomic E-state index is -5.10. The maximum Gasteiger partial charge on any atom is 0.446 e. The first-order chi connectivity index (χ1) is 29.9. The van der Waals surface area contributed by atoms with Crippen LogP contribution in [0.25, 0.3) is 44.6 Å². The zero-order valence-electron chi connectivity index (χ0n) is 31.4. The lowest BCUT2D eigenvalue weighted by Gasteiger charge is -2.13. The van der Waals surface area contributed by atoms with Crippen LogP contribution >= 0.6 is 0 Å². The molecule has 7 rings (SSSR count). The molecule has 3 aromatic heterocycles. The van der Waals surface area contributed by atoms with Crippen molar-refractivity contribution >= 4 is 63.5 Å². The van der Waals surface area contributed by atoms with Crippen molar-refractivity contribution in [2.24, 2.45) is 0 Å². The monoisotopic (exact) mass is 963 g/mol. The maximum atomic E-state index is 13.5. The topological polar surface area (TPSA) is 346 Å². The normalized spacial score (nSPS) is 12.2. The fourth-order valence-corrected chi connectivity index (χ4v) is 7.28. The van der Waals surface area contributed by atoms with Crippen LogP contribution in [-0.4, -0.2) is 56.9 Å². The van der Waals surface area contributed by atoms with Crippen LogP contribution in [0.15, 0.2) is 122 Å². The van der Waals surface area contributed by atoms with Gasteiger partial charge in [0.15, 0.2) is 22.4 Å². The molecule has 0 aliphatic rings. The Morgan fingerprint density at radius 1 is 0.453 bits per heavy atom. The summed E-state index contributed by atoms with van der Waals surface area (Å²) in [6.45, 7) is -0.796. The zero-order valence-corrected chi connectivity index (χ0v) is 34.7. The summed E-state index contributed by atoms with van der Waals surface area (Å²) in [6.07, 6.45) is 0. The molecule has 27 heteroatoms. The summed E-state index contributed by atoms with van der Waals surface area (Å²) in [5.41, 5.74) is -1.16. The Kier molecular flexibility index (Phi) is 12.1. The fourth-order valence-electron chi connectivity index (χ4n) is 5.89. The highest BCUT2D eigenvalue weighted by Crippen LogP contribution is 2.35. The van der Waals surface area contributed by atoms with Crippen LogP contribution in [0.3, 0.4) is 0 Å². The predicted octanol–water partition coefficient (Wildman–Crippen LogP) is 4.51. The quantitative estimate of drug-likeness (QED) is 0.0967. The lowest BCUT2D eigenvalue weighted by Crippen LogP contribution is -2.10. The van der Waals surface area contributed by atoms with Crippen molar-refractivity contribution in [3.63, 3.8) is 0 Å². The van der Waals surface area contributed by atoms with E-state index in [4.69, 9.17) is 27.4 Å². The molecule has 0 amide bonds. The Bertz CT molecular complexity index is 3300. The predicted molar refractivity (Wildman–Crippen MR) is 217 cm³/mol. The van der Waals surface area contributed by atoms with Gasteiger partial charge in [-0.3, -0.25) is 32.8 Å². The second kappa shape index (κ2) is 17.2. The maximum absolute atomic E-state index is 13.5. The first-order valence-corrected chi connectivity index (χ1v) is 22.7. The van der Waals surface area contributed by atoms with Gasteiger partial charge in [-0.15, -0.1) is 0 Å². The lowest BCUT2D eigenvalue weighted by molar-refractivity contribution is 0.292. The van der Waals surface area contributed by atoms with Gasteiger partial charge in [-0.1, -0.05) is 6.07 Å². The van der Waals surface area contributed by atoms with Gasteiger partial charge in [-0.05, 0) is 60.7 Å². The molecule has 23 nitrogen and oxygen atoms in total. The number of hydrogen-bond donors (Lipinski definition) is 4. The molecule has 0 aliphatic carbocycles. The smallest absolute Gasteiger partial charge is 0.446 e. The number of ether oxygens (including phenoxy) is 2. The number of fused-ring (bicyclic) bond motifs is 2. The molecule has 4 aromatic carbocycles. The highest BCUT2D eigenvalue weighted by Gasteiger charge is 2.21. The van der Waals surface area contributed by atoms with E-state index in [2.05, 4.69) is 21.7 Å². The van der Waals surface area contributed by atoms with Crippen molar-refractivity contribution in [2.45, 2.75) is 13.2 Å². The molecular weight excluding hydrogens is 939 g/mol. The van der Waals surface area contributed by atoms with E-state index in [1.54, 1.807) is 0 Å². The number of hydrogen-bond acceptors (Lipinski definition) is 19. The van der Waals surface area contributed by atoms with Crippen LogP contribution in [-0.2, 0) is 54.8 Å². The molecule has 0 aliphatic heterocycles. The highest BCUT2D eigenvalue weighted by molar-refractivity contribution is 7.82. The van der Waals surface area contributed by atoms with Crippen molar-refractivity contribution in [3.05, 3.63) is 135 Å². The Labute approximate surface area is 359 Å². The molecule has 4 N–H and O–H groups in total. The van der Waals surface area contributed by atoms with Crippen molar-refractivity contribution in [1.82, 2.24) is 4.98 Å². The van der Waals surface area contributed by atoms with Gasteiger partial charge < -0.3 is 35.0 Å². The highest BCUT2D eigenvalue weighted by atomic mass is 32.3. The fraction of sp³-hybridized carbons (Fsp3) is 0.0541. The summed E-state index contributed by atoms with van der Waals surface area (Å²) in [5, 5.41) is -0.414. The van der Waals surface area contributed by atoms with Crippen molar-refractivity contribution in [3.8, 4) is 57.1 Å². The second-order valence-electron chi connectivity index (χ2n) is 12.8. The average Bonchev–Trinajstić information content (AvgIpc) is 3.17. The molecule has 0 saturated heterocycles. The molecule has 7 aromatic rings.